The molecule has 0 radical (unpaired) electrons. The van der Waals surface area contributed by atoms with E-state index in [0.29, 0.717) is 0 Å². The molecule has 7 nitrogen and oxygen atoms in total. The topological polar surface area (TPSA) is 66.4 Å². The van der Waals surface area contributed by atoms with Crippen molar-refractivity contribution in [1.29, 1.82) is 0 Å². The summed E-state index contributed by atoms with van der Waals surface area (Å²) in [6, 6.07) is 10.3. The van der Waals surface area contributed by atoms with Gasteiger partial charge in [-0.2, -0.15) is 0 Å². The lowest BCUT2D eigenvalue weighted by Gasteiger charge is -2.28. The maximum absolute atomic E-state index is 5.62. The minimum Gasteiger partial charge on any atom is -0.378 e. The number of hydrogen-bond donors (Lipinski definition) is 1. The highest BCUT2D eigenvalue weighted by Crippen LogP contribution is 2.38. The van der Waals surface area contributed by atoms with Gasteiger partial charge in [-0.05, 0) is 24.6 Å². The van der Waals surface area contributed by atoms with Gasteiger partial charge in [0.1, 0.15) is 0 Å². The minimum atomic E-state index is 0.732. The van der Waals surface area contributed by atoms with Crippen LogP contribution in [0, 0.1) is 6.92 Å². The fourth-order valence-electron chi connectivity index (χ4n) is 4.65. The molecule has 1 aromatic carbocycles. The van der Waals surface area contributed by atoms with Gasteiger partial charge in [-0.1, -0.05) is 18.2 Å². The largest absolute Gasteiger partial charge is 0.378 e. The Labute approximate surface area is 197 Å². The van der Waals surface area contributed by atoms with Gasteiger partial charge in [0.05, 0.1) is 28.9 Å². The standard InChI is InChI=1S/C25H28N6OS/c1-17-21(16-30-8-6-26-7-9-30)33-23-22(17)28-24(29-25(23)31-10-12-32-13-11-31)19-14-18-4-2-3-5-20(18)27-15-19/h2-5,14-15,26H,6-13,16H2,1H3. The number of nitrogens with one attached hydrogen (secondary N) is 1. The van der Waals surface area contributed by atoms with Gasteiger partial charge in [-0.3, -0.25) is 9.88 Å². The van der Waals surface area contributed by atoms with Crippen LogP contribution >= 0.6 is 11.3 Å². The molecule has 6 rings (SSSR count). The van der Waals surface area contributed by atoms with Crippen LogP contribution in [0.4, 0.5) is 5.82 Å². The lowest BCUT2D eigenvalue weighted by atomic mass is 10.1. The van der Waals surface area contributed by atoms with Crippen molar-refractivity contribution in [3.05, 3.63) is 47.0 Å². The summed E-state index contributed by atoms with van der Waals surface area (Å²) in [5.74, 6) is 1.78. The Hall–Kier alpha value is -2.65. The van der Waals surface area contributed by atoms with E-state index in [4.69, 9.17) is 14.7 Å². The van der Waals surface area contributed by atoms with Crippen LogP contribution in [-0.4, -0.2) is 72.3 Å². The van der Waals surface area contributed by atoms with E-state index < -0.39 is 0 Å². The fourth-order valence-corrected chi connectivity index (χ4v) is 5.96. The van der Waals surface area contributed by atoms with Crippen molar-refractivity contribution in [3.63, 3.8) is 0 Å². The molecular formula is C25H28N6OS. The number of para-hydroxylation sites is 1. The highest BCUT2D eigenvalue weighted by atomic mass is 32.1. The van der Waals surface area contributed by atoms with Crippen LogP contribution in [0.25, 0.3) is 32.5 Å². The van der Waals surface area contributed by atoms with Gasteiger partial charge in [-0.15, -0.1) is 11.3 Å². The molecule has 8 heteroatoms. The Morgan fingerprint density at radius 1 is 1.06 bits per heavy atom. The lowest BCUT2D eigenvalue weighted by molar-refractivity contribution is 0.122. The average molecular weight is 461 g/mol. The molecule has 1 N–H and O–H groups in total. The summed E-state index contributed by atoms with van der Waals surface area (Å²) in [6.45, 7) is 10.7. The van der Waals surface area contributed by atoms with Crippen LogP contribution in [0.3, 0.4) is 0 Å². The third-order valence-electron chi connectivity index (χ3n) is 6.58. The number of benzene rings is 1. The molecule has 0 aliphatic carbocycles. The van der Waals surface area contributed by atoms with E-state index in [1.165, 1.54) is 15.1 Å². The van der Waals surface area contributed by atoms with Crippen LogP contribution in [0.5, 0.6) is 0 Å². The second-order valence-corrected chi connectivity index (χ2v) is 9.85. The second kappa shape index (κ2) is 8.95. The van der Waals surface area contributed by atoms with Crippen LogP contribution < -0.4 is 10.2 Å². The van der Waals surface area contributed by atoms with E-state index in [9.17, 15) is 0 Å². The van der Waals surface area contributed by atoms with Gasteiger partial charge >= 0.3 is 0 Å². The number of thiophene rings is 1. The second-order valence-electron chi connectivity index (χ2n) is 8.74. The molecule has 0 atom stereocenters. The number of aryl methyl sites for hydroxylation is 1. The number of nitrogens with zero attached hydrogens (tertiary/aromatic N) is 5. The van der Waals surface area contributed by atoms with Crippen molar-refractivity contribution in [2.75, 3.05) is 57.4 Å². The fraction of sp³-hybridized carbons (Fsp3) is 0.400. The average Bonchev–Trinajstić information content (AvgIpc) is 3.19. The summed E-state index contributed by atoms with van der Waals surface area (Å²) < 4.78 is 6.81. The van der Waals surface area contributed by atoms with E-state index in [0.717, 1.165) is 92.7 Å². The maximum Gasteiger partial charge on any atom is 0.163 e. The van der Waals surface area contributed by atoms with Gasteiger partial charge in [0, 0.05) is 67.8 Å². The number of morpholine rings is 1. The summed E-state index contributed by atoms with van der Waals surface area (Å²) >= 11 is 1.86. The molecule has 0 saturated carbocycles. The van der Waals surface area contributed by atoms with Crippen molar-refractivity contribution < 1.29 is 4.74 Å². The molecule has 4 aromatic rings. The first-order chi connectivity index (χ1) is 16.3. The lowest BCUT2D eigenvalue weighted by Crippen LogP contribution is -2.42. The molecule has 3 aromatic heterocycles. The molecule has 2 aliphatic heterocycles. The van der Waals surface area contributed by atoms with Gasteiger partial charge in [0.15, 0.2) is 11.6 Å². The third-order valence-corrected chi connectivity index (χ3v) is 7.84. The number of aromatic nitrogens is 3. The molecular weight excluding hydrogens is 432 g/mol. The van der Waals surface area contributed by atoms with E-state index in [-0.39, 0.29) is 0 Å². The minimum absolute atomic E-state index is 0.732. The maximum atomic E-state index is 5.62. The zero-order valence-electron chi connectivity index (χ0n) is 18.9. The molecule has 2 fully saturated rings. The van der Waals surface area contributed by atoms with Gasteiger partial charge in [-0.25, -0.2) is 9.97 Å². The molecule has 2 saturated heterocycles. The van der Waals surface area contributed by atoms with Crippen molar-refractivity contribution in [1.82, 2.24) is 25.2 Å². The molecule has 33 heavy (non-hydrogen) atoms. The van der Waals surface area contributed by atoms with Gasteiger partial charge in [0.25, 0.3) is 0 Å². The van der Waals surface area contributed by atoms with Crippen molar-refractivity contribution in [2.45, 2.75) is 13.5 Å². The third kappa shape index (κ3) is 4.08. The SMILES string of the molecule is Cc1c(CN2CCNCC2)sc2c(N3CCOCC3)nc(-c3cnc4ccccc4c3)nc12. The quantitative estimate of drug-likeness (QED) is 0.500. The summed E-state index contributed by atoms with van der Waals surface area (Å²) in [5, 5.41) is 4.55. The van der Waals surface area contributed by atoms with Crippen molar-refractivity contribution >= 4 is 38.3 Å². The molecule has 5 heterocycles. The van der Waals surface area contributed by atoms with Crippen LogP contribution in [0.1, 0.15) is 10.4 Å². The Bertz CT molecular complexity index is 1290. The highest BCUT2D eigenvalue weighted by molar-refractivity contribution is 7.19. The van der Waals surface area contributed by atoms with Crippen molar-refractivity contribution in [3.8, 4) is 11.4 Å². The summed E-state index contributed by atoms with van der Waals surface area (Å²) in [6.07, 6.45) is 1.90. The molecule has 0 spiro atoms. The molecule has 2 aliphatic rings. The van der Waals surface area contributed by atoms with Crippen molar-refractivity contribution in [2.24, 2.45) is 0 Å². The number of piperazine rings is 1. The Kier molecular flexibility index (Phi) is 5.67. The van der Waals surface area contributed by atoms with E-state index in [1.54, 1.807) is 0 Å². The summed E-state index contributed by atoms with van der Waals surface area (Å²) in [7, 11) is 0. The molecule has 170 valence electrons. The zero-order valence-corrected chi connectivity index (χ0v) is 19.7. The number of rotatable bonds is 4. The Morgan fingerprint density at radius 3 is 2.73 bits per heavy atom. The first-order valence-electron chi connectivity index (χ1n) is 11.7. The first-order valence-corrected chi connectivity index (χ1v) is 12.5. The smallest absolute Gasteiger partial charge is 0.163 e. The van der Waals surface area contributed by atoms with E-state index in [2.05, 4.69) is 39.2 Å². The number of ether oxygens (including phenoxy) is 1. The Balaban J connectivity index is 1.47. The number of fused-ring (bicyclic) bond motifs is 2. The molecule has 0 amide bonds. The molecule has 0 unspecified atom stereocenters. The predicted octanol–water partition coefficient (Wildman–Crippen LogP) is 3.46. The van der Waals surface area contributed by atoms with E-state index >= 15 is 0 Å². The monoisotopic (exact) mass is 460 g/mol. The normalized spacial score (nSPS) is 17.8. The first kappa shape index (κ1) is 20.9. The van der Waals surface area contributed by atoms with E-state index in [1.807, 2.05) is 35.7 Å². The predicted molar refractivity (Wildman–Crippen MR) is 134 cm³/mol. The van der Waals surface area contributed by atoms with Gasteiger partial charge < -0.3 is 15.0 Å². The summed E-state index contributed by atoms with van der Waals surface area (Å²) in [5.41, 5.74) is 4.30. The van der Waals surface area contributed by atoms with Crippen LogP contribution in [0.2, 0.25) is 0 Å². The Morgan fingerprint density at radius 2 is 1.88 bits per heavy atom. The number of anilines is 1. The van der Waals surface area contributed by atoms with Crippen LogP contribution in [-0.2, 0) is 11.3 Å². The highest BCUT2D eigenvalue weighted by Gasteiger charge is 2.23. The number of hydrogen-bond acceptors (Lipinski definition) is 8. The van der Waals surface area contributed by atoms with Crippen LogP contribution in [0.15, 0.2) is 36.5 Å². The van der Waals surface area contributed by atoms with Gasteiger partial charge in [0.2, 0.25) is 0 Å². The number of pyridine rings is 1. The zero-order chi connectivity index (χ0) is 22.2. The summed E-state index contributed by atoms with van der Waals surface area (Å²) in [4.78, 5) is 21.1. The molecule has 0 bridgehead atoms.